The topological polar surface area (TPSA) is 41.1 Å². The van der Waals surface area contributed by atoms with Crippen molar-refractivity contribution in [2.75, 3.05) is 18.0 Å². The van der Waals surface area contributed by atoms with Crippen molar-refractivity contribution in [3.05, 3.63) is 17.1 Å². The first-order chi connectivity index (χ1) is 7.24. The molecule has 0 radical (unpaired) electrons. The number of nitrogens with zero attached hydrogens (tertiary/aromatic N) is 3. The predicted octanol–water partition coefficient (Wildman–Crippen LogP) is 0.546. The summed E-state index contributed by atoms with van der Waals surface area (Å²) in [5.74, 6) is 1.70. The summed E-state index contributed by atoms with van der Waals surface area (Å²) in [6.45, 7) is 4.44. The van der Waals surface area contributed by atoms with Crippen LogP contribution in [-0.2, 0) is 13.1 Å². The van der Waals surface area contributed by atoms with Gasteiger partial charge in [-0.2, -0.15) is 0 Å². The van der Waals surface area contributed by atoms with Crippen LogP contribution in [0.5, 0.6) is 0 Å². The van der Waals surface area contributed by atoms with Crippen molar-refractivity contribution in [2.24, 2.45) is 0 Å². The molecule has 0 aliphatic carbocycles. The number of hydrogen-bond acceptors (Lipinski definition) is 4. The summed E-state index contributed by atoms with van der Waals surface area (Å²) in [4.78, 5) is 10.8. The number of hydrogen-bond donors (Lipinski definition) is 1. The van der Waals surface area contributed by atoms with Crippen molar-refractivity contribution < 1.29 is 4.39 Å². The average molecular weight is 208 g/mol. The minimum absolute atomic E-state index is 0.475. The van der Waals surface area contributed by atoms with Crippen LogP contribution in [0.3, 0.4) is 0 Å². The summed E-state index contributed by atoms with van der Waals surface area (Å²) in [6.07, 6.45) is -0.690. The summed E-state index contributed by atoms with van der Waals surface area (Å²) in [5, 5.41) is 3.25. The van der Waals surface area contributed by atoms with E-state index in [4.69, 9.17) is 0 Å². The number of aromatic nitrogens is 2. The van der Waals surface area contributed by atoms with Gasteiger partial charge in [-0.05, 0) is 6.92 Å². The van der Waals surface area contributed by atoms with Crippen LogP contribution in [0, 0.1) is 6.92 Å². The lowest BCUT2D eigenvalue weighted by Crippen LogP contribution is -2.49. The zero-order valence-electron chi connectivity index (χ0n) is 8.63. The van der Waals surface area contributed by atoms with Crippen LogP contribution in [0.4, 0.5) is 10.2 Å². The largest absolute Gasteiger partial charge is 0.350 e. The second-order valence-corrected chi connectivity index (χ2v) is 4.13. The lowest BCUT2D eigenvalue weighted by atomic mass is 10.1. The van der Waals surface area contributed by atoms with Gasteiger partial charge in [-0.3, -0.25) is 0 Å². The molecule has 5 heteroatoms. The minimum Gasteiger partial charge on any atom is -0.350 e. The highest BCUT2D eigenvalue weighted by atomic mass is 19.1. The molecular weight excluding hydrogens is 195 g/mol. The van der Waals surface area contributed by atoms with Crippen LogP contribution >= 0.6 is 0 Å². The molecule has 1 aromatic heterocycles. The van der Waals surface area contributed by atoms with Gasteiger partial charge >= 0.3 is 0 Å². The Morgan fingerprint density at radius 3 is 2.87 bits per heavy atom. The smallest absolute Gasteiger partial charge is 0.137 e. The molecule has 1 saturated heterocycles. The van der Waals surface area contributed by atoms with Crippen molar-refractivity contribution >= 4 is 5.82 Å². The number of alkyl halides is 1. The van der Waals surface area contributed by atoms with E-state index in [1.165, 1.54) is 0 Å². The maximum atomic E-state index is 12.8. The molecule has 80 valence electrons. The molecule has 3 rings (SSSR count). The van der Waals surface area contributed by atoms with E-state index in [0.29, 0.717) is 13.1 Å². The zero-order chi connectivity index (χ0) is 10.4. The van der Waals surface area contributed by atoms with E-state index in [1.807, 2.05) is 11.8 Å². The summed E-state index contributed by atoms with van der Waals surface area (Å²) in [5.41, 5.74) is 2.22. The molecule has 0 atom stereocenters. The Morgan fingerprint density at radius 2 is 2.13 bits per heavy atom. The SMILES string of the molecule is Cc1nc2c(c(N3CC(F)C3)n1)CNC2. The molecule has 0 spiro atoms. The third-order valence-corrected chi connectivity index (χ3v) is 2.91. The molecule has 15 heavy (non-hydrogen) atoms. The van der Waals surface area contributed by atoms with Crippen molar-refractivity contribution in [3.63, 3.8) is 0 Å². The fourth-order valence-electron chi connectivity index (χ4n) is 2.13. The van der Waals surface area contributed by atoms with E-state index < -0.39 is 6.17 Å². The van der Waals surface area contributed by atoms with Gasteiger partial charge in [0.15, 0.2) is 0 Å². The van der Waals surface area contributed by atoms with Crippen LogP contribution in [0.1, 0.15) is 17.1 Å². The molecule has 0 amide bonds. The molecule has 0 unspecified atom stereocenters. The highest BCUT2D eigenvalue weighted by molar-refractivity contribution is 5.52. The normalized spacial score (nSPS) is 20.3. The lowest BCUT2D eigenvalue weighted by Gasteiger charge is -2.36. The number of anilines is 1. The number of nitrogens with one attached hydrogen (secondary N) is 1. The second-order valence-electron chi connectivity index (χ2n) is 4.13. The minimum atomic E-state index is -0.690. The van der Waals surface area contributed by atoms with Gasteiger partial charge in [0.2, 0.25) is 0 Å². The third-order valence-electron chi connectivity index (χ3n) is 2.91. The van der Waals surface area contributed by atoms with E-state index in [-0.39, 0.29) is 0 Å². The lowest BCUT2D eigenvalue weighted by molar-refractivity contribution is 0.273. The summed E-state index contributed by atoms with van der Waals surface area (Å²) >= 11 is 0. The van der Waals surface area contributed by atoms with Gasteiger partial charge in [-0.15, -0.1) is 0 Å². The van der Waals surface area contributed by atoms with Crippen LogP contribution in [0.2, 0.25) is 0 Å². The van der Waals surface area contributed by atoms with Gasteiger partial charge in [-0.1, -0.05) is 0 Å². The summed E-state index contributed by atoms with van der Waals surface area (Å²) in [6, 6.07) is 0. The van der Waals surface area contributed by atoms with Crippen molar-refractivity contribution in [2.45, 2.75) is 26.2 Å². The van der Waals surface area contributed by atoms with Crippen molar-refractivity contribution in [3.8, 4) is 0 Å². The molecule has 4 nitrogen and oxygen atoms in total. The molecule has 2 aliphatic rings. The first-order valence-electron chi connectivity index (χ1n) is 5.20. The fourth-order valence-corrected chi connectivity index (χ4v) is 2.13. The highest BCUT2D eigenvalue weighted by Crippen LogP contribution is 2.28. The Morgan fingerprint density at radius 1 is 1.33 bits per heavy atom. The summed E-state index contributed by atoms with van der Waals surface area (Å²) < 4.78 is 12.8. The predicted molar refractivity (Wildman–Crippen MR) is 54.4 cm³/mol. The monoisotopic (exact) mass is 208 g/mol. The average Bonchev–Trinajstić information content (AvgIpc) is 2.59. The maximum absolute atomic E-state index is 12.8. The Balaban J connectivity index is 2.00. The van der Waals surface area contributed by atoms with Crippen LogP contribution < -0.4 is 10.2 Å². The Kier molecular flexibility index (Phi) is 1.88. The summed E-state index contributed by atoms with van der Waals surface area (Å²) in [7, 11) is 0. The molecule has 0 aromatic carbocycles. The first kappa shape index (κ1) is 9.03. The first-order valence-corrected chi connectivity index (χ1v) is 5.20. The molecule has 1 N–H and O–H groups in total. The Bertz CT molecular complexity index is 401. The number of rotatable bonds is 1. The van der Waals surface area contributed by atoms with Gasteiger partial charge in [0.1, 0.15) is 17.8 Å². The molecular formula is C10H13FN4. The fraction of sp³-hybridized carbons (Fsp3) is 0.600. The quantitative estimate of drug-likeness (QED) is 0.731. The zero-order valence-corrected chi connectivity index (χ0v) is 8.63. The molecule has 1 aromatic rings. The molecule has 0 saturated carbocycles. The van der Waals surface area contributed by atoms with E-state index in [9.17, 15) is 4.39 Å². The van der Waals surface area contributed by atoms with E-state index in [1.54, 1.807) is 0 Å². The van der Waals surface area contributed by atoms with Gasteiger partial charge in [0.05, 0.1) is 18.8 Å². The number of fused-ring (bicyclic) bond motifs is 1. The van der Waals surface area contributed by atoms with Gasteiger partial charge in [0, 0.05) is 18.7 Å². The third kappa shape index (κ3) is 1.38. The standard InChI is InChI=1S/C10H13FN4/c1-6-13-9-3-12-2-8(9)10(14-6)15-4-7(11)5-15/h7,12H,2-5H2,1H3. The second kappa shape index (κ2) is 3.13. The number of aryl methyl sites for hydroxylation is 1. The van der Waals surface area contributed by atoms with Crippen molar-refractivity contribution in [1.82, 2.24) is 15.3 Å². The Hall–Kier alpha value is -1.23. The van der Waals surface area contributed by atoms with E-state index in [0.717, 1.165) is 36.0 Å². The van der Waals surface area contributed by atoms with Crippen LogP contribution in [0.25, 0.3) is 0 Å². The molecule has 1 fully saturated rings. The van der Waals surface area contributed by atoms with E-state index >= 15 is 0 Å². The van der Waals surface area contributed by atoms with Crippen LogP contribution in [0.15, 0.2) is 0 Å². The van der Waals surface area contributed by atoms with Gasteiger partial charge in [-0.25, -0.2) is 14.4 Å². The van der Waals surface area contributed by atoms with Gasteiger partial charge in [0.25, 0.3) is 0 Å². The molecule has 0 bridgehead atoms. The van der Waals surface area contributed by atoms with E-state index in [2.05, 4.69) is 15.3 Å². The van der Waals surface area contributed by atoms with Crippen LogP contribution in [-0.4, -0.2) is 29.2 Å². The van der Waals surface area contributed by atoms with Gasteiger partial charge < -0.3 is 10.2 Å². The maximum Gasteiger partial charge on any atom is 0.137 e. The molecule has 3 heterocycles. The number of halogens is 1. The highest BCUT2D eigenvalue weighted by Gasteiger charge is 2.31. The molecule has 2 aliphatic heterocycles. The Labute approximate surface area is 87.5 Å². The van der Waals surface area contributed by atoms with Crippen molar-refractivity contribution in [1.29, 1.82) is 0 Å².